The van der Waals surface area contributed by atoms with E-state index >= 15 is 0 Å². The summed E-state index contributed by atoms with van der Waals surface area (Å²) in [6, 6.07) is 7.73. The molecule has 0 aromatic carbocycles. The number of nitrogens with zero attached hydrogens (tertiary/aromatic N) is 2. The standard InChI is InChI=1S/C17H18N2O2/c20-17(9-8-15-6-4-12-21-15)19-11-2-1-7-16(19)14-5-3-10-18-13-14/h3-6,8-10,12-13,16H,1-2,7,11H2/t16-/m0/s1. The molecule has 1 aliphatic rings. The Balaban J connectivity index is 1.76. The summed E-state index contributed by atoms with van der Waals surface area (Å²) in [6.45, 7) is 0.793. The number of furan rings is 1. The second-order valence-electron chi connectivity index (χ2n) is 5.18. The molecule has 0 unspecified atom stereocenters. The average molecular weight is 282 g/mol. The van der Waals surface area contributed by atoms with Gasteiger partial charge in [0.25, 0.3) is 0 Å². The van der Waals surface area contributed by atoms with Crippen molar-refractivity contribution >= 4 is 12.0 Å². The van der Waals surface area contributed by atoms with Crippen LogP contribution in [0.4, 0.5) is 0 Å². The van der Waals surface area contributed by atoms with Crippen molar-refractivity contribution in [2.24, 2.45) is 0 Å². The fraction of sp³-hybridized carbons (Fsp3) is 0.294. The number of likely N-dealkylation sites (tertiary alicyclic amines) is 1. The molecule has 0 N–H and O–H groups in total. The van der Waals surface area contributed by atoms with E-state index in [1.165, 1.54) is 0 Å². The first-order valence-corrected chi connectivity index (χ1v) is 7.27. The average Bonchev–Trinajstić information content (AvgIpc) is 3.07. The van der Waals surface area contributed by atoms with Crippen LogP contribution in [-0.2, 0) is 4.79 Å². The van der Waals surface area contributed by atoms with Gasteiger partial charge >= 0.3 is 0 Å². The zero-order valence-electron chi connectivity index (χ0n) is 11.8. The van der Waals surface area contributed by atoms with E-state index in [-0.39, 0.29) is 11.9 Å². The topological polar surface area (TPSA) is 46.3 Å². The monoisotopic (exact) mass is 282 g/mol. The predicted molar refractivity (Wildman–Crippen MR) is 80.3 cm³/mol. The summed E-state index contributed by atoms with van der Waals surface area (Å²) in [5.41, 5.74) is 1.11. The Bertz CT molecular complexity index is 605. The van der Waals surface area contributed by atoms with Crippen LogP contribution in [0.2, 0.25) is 0 Å². The molecule has 1 saturated heterocycles. The minimum atomic E-state index is 0.0277. The number of carbonyl (C=O) groups is 1. The number of aromatic nitrogens is 1. The molecule has 0 saturated carbocycles. The van der Waals surface area contributed by atoms with Crippen molar-refractivity contribution < 1.29 is 9.21 Å². The van der Waals surface area contributed by atoms with Gasteiger partial charge in [0, 0.05) is 25.0 Å². The van der Waals surface area contributed by atoms with E-state index in [9.17, 15) is 4.79 Å². The van der Waals surface area contributed by atoms with Crippen LogP contribution in [0.15, 0.2) is 53.4 Å². The Kier molecular flexibility index (Phi) is 4.15. The summed E-state index contributed by atoms with van der Waals surface area (Å²) in [6.07, 6.45) is 11.7. The smallest absolute Gasteiger partial charge is 0.247 e. The van der Waals surface area contributed by atoms with Gasteiger partial charge in [-0.2, -0.15) is 0 Å². The molecule has 4 heteroatoms. The van der Waals surface area contributed by atoms with E-state index < -0.39 is 0 Å². The van der Waals surface area contributed by atoms with Crippen molar-refractivity contribution in [1.82, 2.24) is 9.88 Å². The number of rotatable bonds is 3. The third-order valence-corrected chi connectivity index (χ3v) is 3.79. The van der Waals surface area contributed by atoms with E-state index in [1.807, 2.05) is 35.4 Å². The molecular weight excluding hydrogens is 264 g/mol. The van der Waals surface area contributed by atoms with Crippen molar-refractivity contribution in [2.75, 3.05) is 6.54 Å². The summed E-state index contributed by atoms with van der Waals surface area (Å²) in [5.74, 6) is 0.721. The molecule has 2 aromatic heterocycles. The molecule has 4 nitrogen and oxygen atoms in total. The zero-order valence-corrected chi connectivity index (χ0v) is 11.8. The van der Waals surface area contributed by atoms with Crippen molar-refractivity contribution in [1.29, 1.82) is 0 Å². The third kappa shape index (κ3) is 3.21. The number of piperidine rings is 1. The molecule has 0 aliphatic carbocycles. The van der Waals surface area contributed by atoms with Gasteiger partial charge in [0.05, 0.1) is 12.3 Å². The molecule has 0 radical (unpaired) electrons. The molecule has 3 heterocycles. The van der Waals surface area contributed by atoms with Crippen LogP contribution in [0.3, 0.4) is 0 Å². The van der Waals surface area contributed by atoms with Crippen molar-refractivity contribution in [3.63, 3.8) is 0 Å². The molecular formula is C17H18N2O2. The van der Waals surface area contributed by atoms with Crippen molar-refractivity contribution in [3.05, 3.63) is 60.3 Å². The lowest BCUT2D eigenvalue weighted by Gasteiger charge is -2.35. The van der Waals surface area contributed by atoms with Crippen LogP contribution in [-0.4, -0.2) is 22.3 Å². The van der Waals surface area contributed by atoms with Crippen LogP contribution < -0.4 is 0 Å². The summed E-state index contributed by atoms with van der Waals surface area (Å²) < 4.78 is 5.22. The second kappa shape index (κ2) is 6.39. The lowest BCUT2D eigenvalue weighted by atomic mass is 9.96. The van der Waals surface area contributed by atoms with Gasteiger partial charge in [0.1, 0.15) is 5.76 Å². The fourth-order valence-electron chi connectivity index (χ4n) is 2.75. The van der Waals surface area contributed by atoms with Gasteiger partial charge in [0.15, 0.2) is 0 Å². The number of pyridine rings is 1. The molecule has 21 heavy (non-hydrogen) atoms. The lowest BCUT2D eigenvalue weighted by molar-refractivity contribution is -0.129. The number of amides is 1. The van der Waals surface area contributed by atoms with Gasteiger partial charge in [-0.25, -0.2) is 0 Å². The maximum absolute atomic E-state index is 12.5. The molecule has 1 atom stereocenters. The second-order valence-corrected chi connectivity index (χ2v) is 5.18. The first kappa shape index (κ1) is 13.6. The molecule has 2 aromatic rings. The van der Waals surface area contributed by atoms with E-state index in [2.05, 4.69) is 4.98 Å². The van der Waals surface area contributed by atoms with Gasteiger partial charge in [-0.05, 0) is 49.1 Å². The molecule has 108 valence electrons. The molecule has 1 amide bonds. The largest absolute Gasteiger partial charge is 0.465 e. The Morgan fingerprint density at radius 2 is 2.29 bits per heavy atom. The highest BCUT2D eigenvalue weighted by molar-refractivity contribution is 5.91. The summed E-state index contributed by atoms with van der Waals surface area (Å²) in [4.78, 5) is 18.6. The molecule has 1 aliphatic heterocycles. The minimum Gasteiger partial charge on any atom is -0.465 e. The first-order valence-electron chi connectivity index (χ1n) is 7.27. The predicted octanol–water partition coefficient (Wildman–Crippen LogP) is 3.44. The fourth-order valence-corrected chi connectivity index (χ4v) is 2.75. The summed E-state index contributed by atoms with van der Waals surface area (Å²) in [5, 5.41) is 0. The van der Waals surface area contributed by atoms with Crippen LogP contribution in [0.1, 0.15) is 36.6 Å². The van der Waals surface area contributed by atoms with Crippen LogP contribution >= 0.6 is 0 Å². The Morgan fingerprint density at radius 1 is 1.33 bits per heavy atom. The summed E-state index contributed by atoms with van der Waals surface area (Å²) in [7, 11) is 0. The van der Waals surface area contributed by atoms with Crippen molar-refractivity contribution in [2.45, 2.75) is 25.3 Å². The Labute approximate surface area is 124 Å². The van der Waals surface area contributed by atoms with E-state index in [1.54, 1.807) is 24.6 Å². The van der Waals surface area contributed by atoms with Gasteiger partial charge in [-0.1, -0.05) is 6.07 Å². The first-order chi connectivity index (χ1) is 10.3. The summed E-state index contributed by atoms with van der Waals surface area (Å²) >= 11 is 0. The highest BCUT2D eigenvalue weighted by atomic mass is 16.3. The van der Waals surface area contributed by atoms with Gasteiger partial charge in [0.2, 0.25) is 5.91 Å². The van der Waals surface area contributed by atoms with Crippen molar-refractivity contribution in [3.8, 4) is 0 Å². The number of hydrogen-bond acceptors (Lipinski definition) is 3. The molecule has 0 spiro atoms. The molecule has 0 bridgehead atoms. The highest BCUT2D eigenvalue weighted by Gasteiger charge is 2.26. The number of hydrogen-bond donors (Lipinski definition) is 0. The molecule has 3 rings (SSSR count). The van der Waals surface area contributed by atoms with E-state index in [0.29, 0.717) is 5.76 Å². The van der Waals surface area contributed by atoms with E-state index in [4.69, 9.17) is 4.42 Å². The SMILES string of the molecule is O=C(C=Cc1ccco1)N1CCCC[C@H]1c1cccnc1. The Hall–Kier alpha value is -2.36. The van der Waals surface area contributed by atoms with Gasteiger partial charge in [-0.15, -0.1) is 0 Å². The number of carbonyl (C=O) groups excluding carboxylic acids is 1. The minimum absolute atomic E-state index is 0.0277. The maximum atomic E-state index is 12.5. The Morgan fingerprint density at radius 3 is 3.05 bits per heavy atom. The van der Waals surface area contributed by atoms with Gasteiger partial charge in [-0.3, -0.25) is 9.78 Å². The van der Waals surface area contributed by atoms with Crippen LogP contribution in [0.5, 0.6) is 0 Å². The lowest BCUT2D eigenvalue weighted by Crippen LogP contribution is -2.37. The third-order valence-electron chi connectivity index (χ3n) is 3.79. The maximum Gasteiger partial charge on any atom is 0.247 e. The van der Waals surface area contributed by atoms with Crippen LogP contribution in [0.25, 0.3) is 6.08 Å². The quantitative estimate of drug-likeness (QED) is 0.810. The normalized spacial score (nSPS) is 19.0. The highest BCUT2D eigenvalue weighted by Crippen LogP contribution is 2.30. The van der Waals surface area contributed by atoms with Crippen LogP contribution in [0, 0.1) is 0 Å². The van der Waals surface area contributed by atoms with E-state index in [0.717, 1.165) is 31.4 Å². The zero-order chi connectivity index (χ0) is 14.5. The van der Waals surface area contributed by atoms with Gasteiger partial charge < -0.3 is 9.32 Å². The molecule has 1 fully saturated rings.